The number of nitrogens with one attached hydrogen (secondary N) is 1. The smallest absolute Gasteiger partial charge is 0.326 e. The van der Waals surface area contributed by atoms with Gasteiger partial charge in [-0.25, -0.2) is 4.79 Å². The Kier molecular flexibility index (Phi) is 5.26. The van der Waals surface area contributed by atoms with E-state index >= 15 is 0 Å². The van der Waals surface area contributed by atoms with Crippen LogP contribution in [0.5, 0.6) is 0 Å². The maximum Gasteiger partial charge on any atom is 0.326 e. The molecule has 6 nitrogen and oxygen atoms in total. The molecule has 1 aliphatic carbocycles. The number of carbonyl (C=O) groups is 3. The first-order chi connectivity index (χ1) is 13.0. The second-order valence-corrected chi connectivity index (χ2v) is 9.35. The van der Waals surface area contributed by atoms with Crippen molar-refractivity contribution in [2.24, 2.45) is 11.3 Å². The highest BCUT2D eigenvalue weighted by Gasteiger charge is 2.56. The number of urea groups is 1. The van der Waals surface area contributed by atoms with E-state index in [-0.39, 0.29) is 24.5 Å². The maximum atomic E-state index is 13.1. The van der Waals surface area contributed by atoms with Crippen molar-refractivity contribution in [3.63, 3.8) is 0 Å². The lowest BCUT2D eigenvalue weighted by atomic mass is 9.64. The topological polar surface area (TPSA) is 75.7 Å². The standard InChI is InChI=1S/C22H30N2O4/c1-14-6-7-16(3)17(8-14)12-28-18(25)11-24-19(26)22(23-20(24)27)10-15(2)9-21(4,5)13-22/h6-8,15H,9-13H2,1-5H3,(H,23,27)/t15-,22+/m0/s1. The lowest BCUT2D eigenvalue weighted by Crippen LogP contribution is -2.54. The number of carbonyl (C=O) groups excluding carboxylic acids is 3. The molecule has 1 aromatic rings. The highest BCUT2D eigenvalue weighted by molar-refractivity contribution is 6.08. The summed E-state index contributed by atoms with van der Waals surface area (Å²) >= 11 is 0. The van der Waals surface area contributed by atoms with E-state index < -0.39 is 17.5 Å². The van der Waals surface area contributed by atoms with Crippen LogP contribution in [0.2, 0.25) is 0 Å². The Balaban J connectivity index is 1.66. The van der Waals surface area contributed by atoms with Crippen molar-refractivity contribution < 1.29 is 19.1 Å². The molecule has 6 heteroatoms. The third kappa shape index (κ3) is 4.05. The number of rotatable bonds is 4. The van der Waals surface area contributed by atoms with E-state index in [1.165, 1.54) is 0 Å². The Hall–Kier alpha value is -2.37. The van der Waals surface area contributed by atoms with Gasteiger partial charge in [-0.2, -0.15) is 0 Å². The van der Waals surface area contributed by atoms with E-state index in [9.17, 15) is 14.4 Å². The van der Waals surface area contributed by atoms with Crippen molar-refractivity contribution in [2.75, 3.05) is 6.54 Å². The summed E-state index contributed by atoms with van der Waals surface area (Å²) in [6.07, 6.45) is 2.20. The molecule has 1 spiro atoms. The zero-order chi connectivity index (χ0) is 20.7. The average molecular weight is 386 g/mol. The first kappa shape index (κ1) is 20.4. The van der Waals surface area contributed by atoms with Crippen LogP contribution < -0.4 is 5.32 Å². The Bertz CT molecular complexity index is 817. The van der Waals surface area contributed by atoms with E-state index in [4.69, 9.17) is 4.74 Å². The molecule has 2 atom stereocenters. The third-order valence-electron chi connectivity index (χ3n) is 5.80. The molecule has 2 aliphatic rings. The number of hydrogen-bond donors (Lipinski definition) is 1. The number of ether oxygens (including phenoxy) is 1. The summed E-state index contributed by atoms with van der Waals surface area (Å²) in [5.41, 5.74) is 2.10. The molecule has 1 aliphatic heterocycles. The van der Waals surface area contributed by atoms with Gasteiger partial charge < -0.3 is 10.1 Å². The summed E-state index contributed by atoms with van der Waals surface area (Å²) in [6.45, 7) is 10.0. The fourth-order valence-electron chi connectivity index (χ4n) is 4.94. The van der Waals surface area contributed by atoms with Crippen LogP contribution in [0.4, 0.5) is 4.79 Å². The van der Waals surface area contributed by atoms with E-state index in [2.05, 4.69) is 26.1 Å². The number of amides is 3. The molecule has 0 unspecified atom stereocenters. The zero-order valence-electron chi connectivity index (χ0n) is 17.4. The monoisotopic (exact) mass is 386 g/mol. The number of aryl methyl sites for hydroxylation is 2. The fourth-order valence-corrected chi connectivity index (χ4v) is 4.94. The minimum Gasteiger partial charge on any atom is -0.459 e. The number of benzene rings is 1. The van der Waals surface area contributed by atoms with Gasteiger partial charge in [0.2, 0.25) is 0 Å². The first-order valence-corrected chi connectivity index (χ1v) is 9.87. The molecule has 3 rings (SSSR count). The van der Waals surface area contributed by atoms with Gasteiger partial charge in [0.25, 0.3) is 5.91 Å². The molecule has 28 heavy (non-hydrogen) atoms. The second-order valence-electron chi connectivity index (χ2n) is 9.35. The fraction of sp³-hybridized carbons (Fsp3) is 0.591. The average Bonchev–Trinajstić information content (AvgIpc) is 2.77. The summed E-state index contributed by atoms with van der Waals surface area (Å²) < 4.78 is 5.35. The highest BCUT2D eigenvalue weighted by atomic mass is 16.5. The van der Waals surface area contributed by atoms with Crippen LogP contribution in [0.15, 0.2) is 18.2 Å². The van der Waals surface area contributed by atoms with Crippen LogP contribution in [0.3, 0.4) is 0 Å². The molecule has 0 radical (unpaired) electrons. The molecule has 1 saturated heterocycles. The molecule has 0 bridgehead atoms. The van der Waals surface area contributed by atoms with Gasteiger partial charge in [0.15, 0.2) is 0 Å². The largest absolute Gasteiger partial charge is 0.459 e. The normalized spacial score (nSPS) is 26.5. The summed E-state index contributed by atoms with van der Waals surface area (Å²) in [5, 5.41) is 2.88. The van der Waals surface area contributed by atoms with Crippen LogP contribution in [-0.4, -0.2) is 34.9 Å². The van der Waals surface area contributed by atoms with Gasteiger partial charge in [-0.3, -0.25) is 14.5 Å². The Morgan fingerprint density at radius 1 is 1.25 bits per heavy atom. The molecule has 0 aromatic heterocycles. The summed E-state index contributed by atoms with van der Waals surface area (Å²) in [6, 6.07) is 5.45. The predicted octanol–water partition coefficient (Wildman–Crippen LogP) is 3.48. The third-order valence-corrected chi connectivity index (χ3v) is 5.80. The molecule has 1 N–H and O–H groups in total. The van der Waals surface area contributed by atoms with Crippen molar-refractivity contribution in [1.82, 2.24) is 10.2 Å². The van der Waals surface area contributed by atoms with Crippen molar-refractivity contribution in [3.05, 3.63) is 34.9 Å². The number of esters is 1. The van der Waals surface area contributed by atoms with Crippen LogP contribution in [0.1, 0.15) is 56.7 Å². The summed E-state index contributed by atoms with van der Waals surface area (Å²) in [4.78, 5) is 38.9. The first-order valence-electron chi connectivity index (χ1n) is 9.87. The highest BCUT2D eigenvalue weighted by Crippen LogP contribution is 2.46. The van der Waals surface area contributed by atoms with Gasteiger partial charge >= 0.3 is 12.0 Å². The number of hydrogen-bond acceptors (Lipinski definition) is 4. The van der Waals surface area contributed by atoms with E-state index in [0.717, 1.165) is 28.0 Å². The summed E-state index contributed by atoms with van der Waals surface area (Å²) in [7, 11) is 0. The van der Waals surface area contributed by atoms with Crippen molar-refractivity contribution >= 4 is 17.9 Å². The van der Waals surface area contributed by atoms with Gasteiger partial charge in [-0.05, 0) is 55.6 Å². The van der Waals surface area contributed by atoms with Gasteiger partial charge in [0.05, 0.1) is 0 Å². The number of nitrogens with zero attached hydrogens (tertiary/aromatic N) is 1. The Morgan fingerprint density at radius 3 is 2.64 bits per heavy atom. The molecule has 1 heterocycles. The predicted molar refractivity (Wildman–Crippen MR) is 105 cm³/mol. The van der Waals surface area contributed by atoms with Crippen LogP contribution in [-0.2, 0) is 20.9 Å². The van der Waals surface area contributed by atoms with Crippen LogP contribution >= 0.6 is 0 Å². The minimum atomic E-state index is -0.897. The van der Waals surface area contributed by atoms with Gasteiger partial charge in [-0.1, -0.05) is 44.5 Å². The van der Waals surface area contributed by atoms with Crippen molar-refractivity contribution in [3.8, 4) is 0 Å². The Labute approximate surface area is 166 Å². The quantitative estimate of drug-likeness (QED) is 0.635. The molecule has 3 amide bonds. The Morgan fingerprint density at radius 2 is 1.96 bits per heavy atom. The van der Waals surface area contributed by atoms with Gasteiger partial charge in [0.1, 0.15) is 18.7 Å². The number of imide groups is 1. The van der Waals surface area contributed by atoms with E-state index in [1.807, 2.05) is 32.0 Å². The SMILES string of the molecule is Cc1ccc(C)c(COC(=O)CN2C(=O)N[C@@]3(C[C@@H](C)CC(C)(C)C3)C2=O)c1. The molecule has 2 fully saturated rings. The zero-order valence-corrected chi connectivity index (χ0v) is 17.4. The van der Waals surface area contributed by atoms with Gasteiger partial charge in [-0.15, -0.1) is 0 Å². The molecule has 1 saturated carbocycles. The van der Waals surface area contributed by atoms with Gasteiger partial charge in [0, 0.05) is 0 Å². The van der Waals surface area contributed by atoms with E-state index in [0.29, 0.717) is 18.8 Å². The van der Waals surface area contributed by atoms with E-state index in [1.54, 1.807) is 0 Å². The maximum absolute atomic E-state index is 13.1. The molecule has 152 valence electrons. The lowest BCUT2D eigenvalue weighted by molar-refractivity contribution is -0.149. The van der Waals surface area contributed by atoms with Crippen molar-refractivity contribution in [1.29, 1.82) is 0 Å². The summed E-state index contributed by atoms with van der Waals surface area (Å²) in [5.74, 6) is -0.561. The van der Waals surface area contributed by atoms with Crippen molar-refractivity contribution in [2.45, 2.75) is 66.0 Å². The molecular formula is C22H30N2O4. The second kappa shape index (κ2) is 7.22. The molecular weight excluding hydrogens is 356 g/mol. The van der Waals surface area contributed by atoms with Crippen LogP contribution in [0, 0.1) is 25.2 Å². The molecule has 1 aromatic carbocycles. The van der Waals surface area contributed by atoms with Crippen LogP contribution in [0.25, 0.3) is 0 Å². The lowest BCUT2D eigenvalue weighted by Gasteiger charge is -2.43. The minimum absolute atomic E-state index is 0.0418.